The summed E-state index contributed by atoms with van der Waals surface area (Å²) in [5, 5.41) is 3.51. The minimum absolute atomic E-state index is 0.806. The zero-order valence-electron chi connectivity index (χ0n) is 13.1. The molecule has 0 atom stereocenters. The van der Waals surface area contributed by atoms with E-state index in [0.29, 0.717) is 0 Å². The van der Waals surface area contributed by atoms with Crippen molar-refractivity contribution in [2.45, 2.75) is 52.4 Å². The summed E-state index contributed by atoms with van der Waals surface area (Å²) < 4.78 is 5.62. The molecular formula is C16H34N2O. The van der Waals surface area contributed by atoms with Crippen molar-refractivity contribution in [2.75, 3.05) is 45.9 Å². The first-order valence-electron chi connectivity index (χ1n) is 8.30. The largest absolute Gasteiger partial charge is 0.381 e. The van der Waals surface area contributed by atoms with Gasteiger partial charge in [-0.25, -0.2) is 0 Å². The number of hydrogen-bond acceptors (Lipinski definition) is 3. The Morgan fingerprint density at radius 3 is 2.42 bits per heavy atom. The van der Waals surface area contributed by atoms with Gasteiger partial charge < -0.3 is 15.0 Å². The fraction of sp³-hybridized carbons (Fsp3) is 1.00. The van der Waals surface area contributed by atoms with Crippen LogP contribution in [0.4, 0.5) is 0 Å². The third kappa shape index (κ3) is 10.3. The molecule has 3 heteroatoms. The minimum atomic E-state index is 0.806. The highest BCUT2D eigenvalue weighted by Crippen LogP contribution is 2.06. The summed E-state index contributed by atoms with van der Waals surface area (Å²) in [6.07, 6.45) is 7.74. The van der Waals surface area contributed by atoms with Crippen LogP contribution in [0.2, 0.25) is 0 Å². The molecule has 19 heavy (non-hydrogen) atoms. The maximum absolute atomic E-state index is 5.62. The zero-order valence-corrected chi connectivity index (χ0v) is 13.1. The van der Waals surface area contributed by atoms with Crippen LogP contribution in [0.5, 0.6) is 0 Å². The van der Waals surface area contributed by atoms with Gasteiger partial charge in [0.05, 0.1) is 0 Å². The lowest BCUT2D eigenvalue weighted by Gasteiger charge is -2.14. The maximum Gasteiger partial charge on any atom is 0.0478 e. The summed E-state index contributed by atoms with van der Waals surface area (Å²) in [6, 6.07) is 0. The predicted octanol–water partition coefficient (Wildman–Crippen LogP) is 2.90. The molecule has 0 saturated carbocycles. The van der Waals surface area contributed by atoms with Crippen LogP contribution in [-0.2, 0) is 4.74 Å². The fourth-order valence-corrected chi connectivity index (χ4v) is 2.55. The highest BCUT2D eigenvalue weighted by atomic mass is 16.5. The number of nitrogens with one attached hydrogen (secondary N) is 1. The number of likely N-dealkylation sites (tertiary alicyclic amines) is 1. The highest BCUT2D eigenvalue weighted by molar-refractivity contribution is 4.66. The molecule has 0 aromatic rings. The van der Waals surface area contributed by atoms with E-state index < -0.39 is 0 Å². The van der Waals surface area contributed by atoms with Gasteiger partial charge in [-0.1, -0.05) is 13.8 Å². The van der Waals surface area contributed by atoms with Gasteiger partial charge in [-0.15, -0.1) is 0 Å². The van der Waals surface area contributed by atoms with Gasteiger partial charge in [-0.3, -0.25) is 0 Å². The summed E-state index contributed by atoms with van der Waals surface area (Å²) in [5.41, 5.74) is 0. The number of hydrogen-bond donors (Lipinski definition) is 1. The average Bonchev–Trinajstić information content (AvgIpc) is 2.88. The molecule has 3 nitrogen and oxygen atoms in total. The van der Waals surface area contributed by atoms with Crippen molar-refractivity contribution in [3.05, 3.63) is 0 Å². The Labute approximate surface area is 120 Å². The van der Waals surface area contributed by atoms with Crippen molar-refractivity contribution in [2.24, 2.45) is 5.92 Å². The first kappa shape index (κ1) is 16.9. The zero-order chi connectivity index (χ0) is 13.8. The van der Waals surface area contributed by atoms with Crippen LogP contribution in [0.3, 0.4) is 0 Å². The van der Waals surface area contributed by atoms with E-state index in [1.165, 1.54) is 51.7 Å². The summed E-state index contributed by atoms with van der Waals surface area (Å²) in [5.74, 6) is 0.806. The lowest BCUT2D eigenvalue weighted by atomic mass is 10.1. The van der Waals surface area contributed by atoms with Gasteiger partial charge in [-0.2, -0.15) is 0 Å². The van der Waals surface area contributed by atoms with Crippen LogP contribution < -0.4 is 5.32 Å². The lowest BCUT2D eigenvalue weighted by molar-refractivity contribution is 0.125. The van der Waals surface area contributed by atoms with E-state index in [9.17, 15) is 0 Å². The minimum Gasteiger partial charge on any atom is -0.381 e. The van der Waals surface area contributed by atoms with Gasteiger partial charge >= 0.3 is 0 Å². The molecule has 114 valence electrons. The standard InChI is InChI=1S/C16H34N2O/c1-16(2)8-5-14-19-15-7-10-17-9-6-13-18-11-3-4-12-18/h16-17H,3-15H2,1-2H3. The summed E-state index contributed by atoms with van der Waals surface area (Å²) in [6.45, 7) is 12.6. The van der Waals surface area contributed by atoms with Crippen LogP contribution in [0, 0.1) is 5.92 Å². The second-order valence-electron chi connectivity index (χ2n) is 6.15. The second kappa shape index (κ2) is 11.7. The molecule has 1 aliphatic rings. The lowest BCUT2D eigenvalue weighted by Crippen LogP contribution is -2.25. The van der Waals surface area contributed by atoms with E-state index in [4.69, 9.17) is 4.74 Å². The molecule has 0 aromatic heterocycles. The first-order valence-corrected chi connectivity index (χ1v) is 8.30. The SMILES string of the molecule is CC(C)CCCOCCCNCCCN1CCCC1. The van der Waals surface area contributed by atoms with E-state index in [0.717, 1.165) is 38.6 Å². The van der Waals surface area contributed by atoms with E-state index in [-0.39, 0.29) is 0 Å². The van der Waals surface area contributed by atoms with Crippen LogP contribution >= 0.6 is 0 Å². The topological polar surface area (TPSA) is 24.5 Å². The number of ether oxygens (including phenoxy) is 1. The number of rotatable bonds is 12. The summed E-state index contributed by atoms with van der Waals surface area (Å²) >= 11 is 0. The van der Waals surface area contributed by atoms with Gasteiger partial charge in [0, 0.05) is 13.2 Å². The van der Waals surface area contributed by atoms with Crippen LogP contribution in [0.1, 0.15) is 52.4 Å². The normalized spacial score (nSPS) is 16.6. The molecule has 1 N–H and O–H groups in total. The Bertz CT molecular complexity index is 191. The predicted molar refractivity (Wildman–Crippen MR) is 82.7 cm³/mol. The van der Waals surface area contributed by atoms with Crippen molar-refractivity contribution in [3.63, 3.8) is 0 Å². The van der Waals surface area contributed by atoms with Gasteiger partial charge in [0.1, 0.15) is 0 Å². The van der Waals surface area contributed by atoms with Crippen molar-refractivity contribution in [3.8, 4) is 0 Å². The van der Waals surface area contributed by atoms with Gasteiger partial charge in [0.15, 0.2) is 0 Å². The molecule has 0 amide bonds. The third-order valence-corrected chi connectivity index (χ3v) is 3.74. The van der Waals surface area contributed by atoms with Crippen LogP contribution in [0.25, 0.3) is 0 Å². The summed E-state index contributed by atoms with van der Waals surface area (Å²) in [4.78, 5) is 2.58. The molecule has 1 aliphatic heterocycles. The Morgan fingerprint density at radius 1 is 1.00 bits per heavy atom. The van der Waals surface area contributed by atoms with Crippen molar-refractivity contribution < 1.29 is 4.74 Å². The van der Waals surface area contributed by atoms with Gasteiger partial charge in [0.25, 0.3) is 0 Å². The van der Waals surface area contributed by atoms with Crippen molar-refractivity contribution >= 4 is 0 Å². The first-order chi connectivity index (χ1) is 9.29. The van der Waals surface area contributed by atoms with E-state index in [1.54, 1.807) is 0 Å². The molecule has 1 fully saturated rings. The molecule has 1 saturated heterocycles. The van der Waals surface area contributed by atoms with Crippen LogP contribution in [-0.4, -0.2) is 50.8 Å². The Morgan fingerprint density at radius 2 is 1.68 bits per heavy atom. The molecule has 0 aliphatic carbocycles. The molecular weight excluding hydrogens is 236 g/mol. The van der Waals surface area contributed by atoms with Crippen LogP contribution in [0.15, 0.2) is 0 Å². The molecule has 1 rings (SSSR count). The Balaban J connectivity index is 1.69. The van der Waals surface area contributed by atoms with Crippen molar-refractivity contribution in [1.29, 1.82) is 0 Å². The number of nitrogens with zero attached hydrogens (tertiary/aromatic N) is 1. The molecule has 0 spiro atoms. The molecule has 1 heterocycles. The average molecular weight is 270 g/mol. The quantitative estimate of drug-likeness (QED) is 0.552. The monoisotopic (exact) mass is 270 g/mol. The van der Waals surface area contributed by atoms with E-state index >= 15 is 0 Å². The summed E-state index contributed by atoms with van der Waals surface area (Å²) in [7, 11) is 0. The maximum atomic E-state index is 5.62. The van der Waals surface area contributed by atoms with Gasteiger partial charge in [-0.05, 0) is 77.2 Å². The van der Waals surface area contributed by atoms with Gasteiger partial charge in [0.2, 0.25) is 0 Å². The third-order valence-electron chi connectivity index (χ3n) is 3.74. The van der Waals surface area contributed by atoms with Crippen molar-refractivity contribution in [1.82, 2.24) is 10.2 Å². The molecule has 0 aromatic carbocycles. The Kier molecular flexibility index (Phi) is 10.4. The molecule has 0 unspecified atom stereocenters. The highest BCUT2D eigenvalue weighted by Gasteiger charge is 2.09. The fourth-order valence-electron chi connectivity index (χ4n) is 2.55. The molecule has 0 bridgehead atoms. The molecule has 0 radical (unpaired) electrons. The Hall–Kier alpha value is -0.120. The smallest absolute Gasteiger partial charge is 0.0478 e. The second-order valence-corrected chi connectivity index (χ2v) is 6.15. The van der Waals surface area contributed by atoms with E-state index in [1.807, 2.05) is 0 Å². The van der Waals surface area contributed by atoms with E-state index in [2.05, 4.69) is 24.1 Å².